The van der Waals surface area contributed by atoms with Crippen molar-refractivity contribution < 1.29 is 4.79 Å². The number of primary amides is 1. The van der Waals surface area contributed by atoms with Crippen molar-refractivity contribution in [2.24, 2.45) is 5.73 Å². The molecule has 1 saturated heterocycles. The number of rotatable bonds is 4. The van der Waals surface area contributed by atoms with E-state index in [4.69, 9.17) is 5.73 Å². The van der Waals surface area contributed by atoms with Crippen molar-refractivity contribution in [1.29, 1.82) is 0 Å². The molecule has 1 fully saturated rings. The summed E-state index contributed by atoms with van der Waals surface area (Å²) < 4.78 is 1.82. The first-order valence-electron chi connectivity index (χ1n) is 6.80. The molecule has 3 N–H and O–H groups in total. The van der Waals surface area contributed by atoms with Gasteiger partial charge in [0, 0.05) is 44.5 Å². The van der Waals surface area contributed by atoms with Gasteiger partial charge in [-0.3, -0.25) is 9.36 Å². The predicted octanol–water partition coefficient (Wildman–Crippen LogP) is -0.684. The van der Waals surface area contributed by atoms with Gasteiger partial charge in [-0.1, -0.05) is 0 Å². The fourth-order valence-corrected chi connectivity index (χ4v) is 2.51. The molecule has 1 aliphatic heterocycles. The number of amides is 1. The number of nitrogens with two attached hydrogens (primary N) is 1. The molecule has 1 aliphatic rings. The van der Waals surface area contributed by atoms with Crippen molar-refractivity contribution in [2.45, 2.75) is 12.5 Å². The summed E-state index contributed by atoms with van der Waals surface area (Å²) in [5, 5.41) is 3.27. The Morgan fingerprint density at radius 3 is 3.05 bits per heavy atom. The average Bonchev–Trinajstić information content (AvgIpc) is 3.02. The van der Waals surface area contributed by atoms with Crippen LogP contribution in [0.4, 0.5) is 5.82 Å². The van der Waals surface area contributed by atoms with E-state index >= 15 is 0 Å². The monoisotopic (exact) mass is 287 g/mol. The fraction of sp³-hybridized carbons (Fsp3) is 0.385. The maximum atomic E-state index is 11.2. The lowest BCUT2D eigenvalue weighted by molar-refractivity contribution is -0.118. The van der Waals surface area contributed by atoms with Gasteiger partial charge >= 0.3 is 0 Å². The second kappa shape index (κ2) is 5.88. The lowest BCUT2D eigenvalue weighted by Gasteiger charge is -2.36. The largest absolute Gasteiger partial charge is 0.370 e. The average molecular weight is 287 g/mol. The first kappa shape index (κ1) is 13.5. The van der Waals surface area contributed by atoms with Crippen molar-refractivity contribution in [1.82, 2.24) is 24.8 Å². The van der Waals surface area contributed by atoms with Crippen LogP contribution >= 0.6 is 0 Å². The second-order valence-electron chi connectivity index (χ2n) is 4.93. The third-order valence-corrected chi connectivity index (χ3v) is 3.49. The predicted molar refractivity (Wildman–Crippen MR) is 77.0 cm³/mol. The van der Waals surface area contributed by atoms with E-state index in [0.29, 0.717) is 13.0 Å². The number of piperazine rings is 1. The molecule has 110 valence electrons. The number of hydrogen-bond acceptors (Lipinski definition) is 6. The molecule has 0 spiro atoms. The van der Waals surface area contributed by atoms with E-state index in [0.717, 1.165) is 24.7 Å². The minimum Gasteiger partial charge on any atom is -0.370 e. The van der Waals surface area contributed by atoms with Crippen LogP contribution in [0, 0.1) is 0 Å². The molecule has 21 heavy (non-hydrogen) atoms. The minimum atomic E-state index is -0.308. The minimum absolute atomic E-state index is 0.0155. The highest BCUT2D eigenvalue weighted by Gasteiger charge is 2.25. The number of hydrogen-bond donors (Lipinski definition) is 2. The van der Waals surface area contributed by atoms with Crippen LogP contribution in [0.25, 0.3) is 5.82 Å². The van der Waals surface area contributed by atoms with Crippen LogP contribution in [-0.4, -0.2) is 51.1 Å². The van der Waals surface area contributed by atoms with E-state index in [2.05, 4.69) is 25.2 Å². The summed E-state index contributed by atoms with van der Waals surface area (Å²) in [4.78, 5) is 25.9. The van der Waals surface area contributed by atoms with Gasteiger partial charge < -0.3 is 16.0 Å². The van der Waals surface area contributed by atoms with E-state index in [1.807, 2.05) is 16.8 Å². The Morgan fingerprint density at radius 2 is 2.29 bits per heavy atom. The smallest absolute Gasteiger partial charge is 0.219 e. The van der Waals surface area contributed by atoms with Crippen molar-refractivity contribution >= 4 is 11.7 Å². The van der Waals surface area contributed by atoms with Gasteiger partial charge in [-0.25, -0.2) is 15.0 Å². The topological polar surface area (TPSA) is 102 Å². The van der Waals surface area contributed by atoms with Gasteiger partial charge in [-0.2, -0.15) is 0 Å². The molecule has 2 aromatic heterocycles. The van der Waals surface area contributed by atoms with Crippen LogP contribution in [0.5, 0.6) is 0 Å². The highest BCUT2D eigenvalue weighted by Crippen LogP contribution is 2.19. The van der Waals surface area contributed by atoms with Gasteiger partial charge in [0.1, 0.15) is 24.3 Å². The highest BCUT2D eigenvalue weighted by atomic mass is 16.1. The lowest BCUT2D eigenvalue weighted by Crippen LogP contribution is -2.53. The number of aromatic nitrogens is 4. The Kier molecular flexibility index (Phi) is 3.78. The fourth-order valence-electron chi connectivity index (χ4n) is 2.51. The molecule has 3 rings (SSSR count). The summed E-state index contributed by atoms with van der Waals surface area (Å²) in [6.07, 6.45) is 7.03. The summed E-state index contributed by atoms with van der Waals surface area (Å²) in [6.45, 7) is 2.34. The van der Waals surface area contributed by atoms with Crippen molar-refractivity contribution in [2.75, 3.05) is 24.5 Å². The summed E-state index contributed by atoms with van der Waals surface area (Å²) in [5.74, 6) is 1.23. The van der Waals surface area contributed by atoms with Crippen LogP contribution < -0.4 is 16.0 Å². The molecule has 1 atom stereocenters. The van der Waals surface area contributed by atoms with Crippen LogP contribution in [0.1, 0.15) is 6.42 Å². The Bertz CT molecular complexity index is 613. The van der Waals surface area contributed by atoms with Crippen molar-refractivity contribution in [3.63, 3.8) is 0 Å². The molecule has 3 heterocycles. The summed E-state index contributed by atoms with van der Waals surface area (Å²) >= 11 is 0. The van der Waals surface area contributed by atoms with Crippen molar-refractivity contribution in [3.05, 3.63) is 31.1 Å². The Labute approximate surface area is 122 Å². The van der Waals surface area contributed by atoms with Gasteiger partial charge in [0.2, 0.25) is 5.91 Å². The molecule has 1 amide bonds. The third-order valence-electron chi connectivity index (χ3n) is 3.49. The maximum Gasteiger partial charge on any atom is 0.219 e. The maximum absolute atomic E-state index is 11.2. The van der Waals surface area contributed by atoms with E-state index in [-0.39, 0.29) is 11.9 Å². The zero-order valence-electron chi connectivity index (χ0n) is 11.5. The highest BCUT2D eigenvalue weighted by molar-refractivity contribution is 5.75. The lowest BCUT2D eigenvalue weighted by atomic mass is 10.1. The second-order valence-corrected chi connectivity index (χ2v) is 4.93. The Hall–Kier alpha value is -2.48. The molecule has 1 unspecified atom stereocenters. The van der Waals surface area contributed by atoms with Crippen LogP contribution in [0.15, 0.2) is 31.1 Å². The zero-order valence-corrected chi connectivity index (χ0v) is 11.5. The number of imidazole rings is 1. The van der Waals surface area contributed by atoms with E-state index < -0.39 is 0 Å². The van der Waals surface area contributed by atoms with Gasteiger partial charge in [0.15, 0.2) is 0 Å². The molecule has 0 aromatic carbocycles. The molecule has 2 aromatic rings. The number of nitrogens with one attached hydrogen (secondary N) is 1. The van der Waals surface area contributed by atoms with Crippen molar-refractivity contribution in [3.8, 4) is 5.82 Å². The normalized spacial score (nSPS) is 18.7. The molecular formula is C13H17N7O. The molecule has 8 heteroatoms. The molecule has 0 radical (unpaired) electrons. The summed E-state index contributed by atoms with van der Waals surface area (Å²) in [5.41, 5.74) is 5.33. The molecular weight excluding hydrogens is 270 g/mol. The number of nitrogens with zero attached hydrogens (tertiary/aromatic N) is 5. The molecule has 0 bridgehead atoms. The first-order chi connectivity index (χ1) is 10.2. The van der Waals surface area contributed by atoms with Gasteiger partial charge in [-0.05, 0) is 0 Å². The number of anilines is 1. The van der Waals surface area contributed by atoms with Crippen LogP contribution in [0.3, 0.4) is 0 Å². The van der Waals surface area contributed by atoms with Crippen LogP contribution in [-0.2, 0) is 4.79 Å². The van der Waals surface area contributed by atoms with E-state index in [1.54, 1.807) is 12.5 Å². The summed E-state index contributed by atoms with van der Waals surface area (Å²) in [6, 6.07) is 1.91. The molecule has 0 saturated carbocycles. The standard InChI is InChI=1S/C13H17N7O/c14-11(21)5-10-7-15-2-4-20(10)13-6-12(17-8-18-13)19-3-1-16-9-19/h1,3,6,8-10,15H,2,4-5,7H2,(H2,14,21). The van der Waals surface area contributed by atoms with Gasteiger partial charge in [0.05, 0.1) is 6.04 Å². The molecule has 8 nitrogen and oxygen atoms in total. The number of carbonyl (C=O) groups is 1. The van der Waals surface area contributed by atoms with E-state index in [9.17, 15) is 4.79 Å². The van der Waals surface area contributed by atoms with Gasteiger partial charge in [-0.15, -0.1) is 0 Å². The zero-order chi connectivity index (χ0) is 14.7. The molecule has 0 aliphatic carbocycles. The van der Waals surface area contributed by atoms with Crippen LogP contribution in [0.2, 0.25) is 0 Å². The Balaban J connectivity index is 1.87. The summed E-state index contributed by atoms with van der Waals surface area (Å²) in [7, 11) is 0. The third kappa shape index (κ3) is 3.00. The van der Waals surface area contributed by atoms with E-state index in [1.165, 1.54) is 6.33 Å². The SMILES string of the molecule is NC(=O)CC1CNCCN1c1cc(-n2ccnc2)ncn1. The van der Waals surface area contributed by atoms with Gasteiger partial charge in [0.25, 0.3) is 0 Å². The quantitative estimate of drug-likeness (QED) is 0.772. The Morgan fingerprint density at radius 1 is 1.43 bits per heavy atom. The number of carbonyl (C=O) groups excluding carboxylic acids is 1. The first-order valence-corrected chi connectivity index (χ1v) is 6.80.